The van der Waals surface area contributed by atoms with Gasteiger partial charge in [-0.25, -0.2) is 0 Å². The molecule has 0 aliphatic rings. The Labute approximate surface area is 124 Å². The van der Waals surface area contributed by atoms with Crippen molar-refractivity contribution in [2.75, 3.05) is 0 Å². The molecular formula is C14H10ClN2O2S+. The standard InChI is InChI=1S/C14H10ClN2O2S/c15-11-4-5-13-14(7-11)20-9-16(13)8-10-2-1-3-12(6-10)17(18)19/h1-7,9H,8H2/q+1. The fraction of sp³-hybridized carbons (Fsp3) is 0.0714. The zero-order valence-corrected chi connectivity index (χ0v) is 11.9. The molecule has 0 bridgehead atoms. The van der Waals surface area contributed by atoms with Crippen molar-refractivity contribution < 1.29 is 9.49 Å². The van der Waals surface area contributed by atoms with Gasteiger partial charge in [0.05, 0.1) is 4.92 Å². The average Bonchev–Trinajstić information content (AvgIpc) is 2.81. The molecule has 2 aromatic carbocycles. The monoisotopic (exact) mass is 305 g/mol. The number of nitrogens with zero attached hydrogens (tertiary/aromatic N) is 2. The fourth-order valence-electron chi connectivity index (χ4n) is 2.08. The molecule has 0 saturated carbocycles. The van der Waals surface area contributed by atoms with Crippen LogP contribution in [0.15, 0.2) is 48.0 Å². The maximum Gasteiger partial charge on any atom is 0.269 e. The van der Waals surface area contributed by atoms with Gasteiger partial charge in [-0.2, -0.15) is 4.57 Å². The van der Waals surface area contributed by atoms with Crippen molar-refractivity contribution >= 4 is 38.8 Å². The van der Waals surface area contributed by atoms with E-state index in [1.807, 2.05) is 29.8 Å². The Balaban J connectivity index is 1.97. The number of halogens is 1. The van der Waals surface area contributed by atoms with Crippen LogP contribution in [-0.4, -0.2) is 4.92 Å². The summed E-state index contributed by atoms with van der Waals surface area (Å²) < 4.78 is 3.16. The maximum atomic E-state index is 10.8. The van der Waals surface area contributed by atoms with Crippen LogP contribution in [0.3, 0.4) is 0 Å². The maximum absolute atomic E-state index is 10.8. The van der Waals surface area contributed by atoms with Crippen molar-refractivity contribution in [3.05, 3.63) is 68.7 Å². The first kappa shape index (κ1) is 13.0. The predicted molar refractivity (Wildman–Crippen MR) is 79.2 cm³/mol. The van der Waals surface area contributed by atoms with Gasteiger partial charge in [-0.15, -0.1) is 0 Å². The van der Waals surface area contributed by atoms with E-state index in [2.05, 4.69) is 4.57 Å². The molecule has 100 valence electrons. The van der Waals surface area contributed by atoms with Gasteiger partial charge < -0.3 is 0 Å². The van der Waals surface area contributed by atoms with E-state index in [0.29, 0.717) is 11.6 Å². The highest BCUT2D eigenvalue weighted by Gasteiger charge is 2.14. The number of nitro benzene ring substituents is 1. The summed E-state index contributed by atoms with van der Waals surface area (Å²) in [5.74, 6) is 0. The van der Waals surface area contributed by atoms with Crippen molar-refractivity contribution in [3.63, 3.8) is 0 Å². The van der Waals surface area contributed by atoms with Crippen LogP contribution in [0, 0.1) is 10.1 Å². The second-order valence-electron chi connectivity index (χ2n) is 4.39. The summed E-state index contributed by atoms with van der Waals surface area (Å²) in [5.41, 5.74) is 4.09. The number of thiazole rings is 1. The van der Waals surface area contributed by atoms with Crippen LogP contribution in [-0.2, 0) is 6.54 Å². The lowest BCUT2D eigenvalue weighted by atomic mass is 10.2. The Bertz CT molecular complexity index is 801. The second-order valence-corrected chi connectivity index (χ2v) is 5.71. The van der Waals surface area contributed by atoms with E-state index in [1.165, 1.54) is 6.07 Å². The molecule has 20 heavy (non-hydrogen) atoms. The van der Waals surface area contributed by atoms with Gasteiger partial charge in [-0.3, -0.25) is 10.1 Å². The molecule has 6 heteroatoms. The summed E-state index contributed by atoms with van der Waals surface area (Å²) in [6.07, 6.45) is 0. The highest BCUT2D eigenvalue weighted by atomic mass is 35.5. The number of nitro groups is 1. The molecule has 0 unspecified atom stereocenters. The summed E-state index contributed by atoms with van der Waals surface area (Å²) in [7, 11) is 0. The molecule has 0 atom stereocenters. The quantitative estimate of drug-likeness (QED) is 0.420. The van der Waals surface area contributed by atoms with Gasteiger partial charge in [-0.1, -0.05) is 35.1 Å². The Hall–Kier alpha value is -1.98. The molecule has 3 rings (SSSR count). The van der Waals surface area contributed by atoms with E-state index in [4.69, 9.17) is 11.6 Å². The van der Waals surface area contributed by atoms with Crippen LogP contribution < -0.4 is 4.57 Å². The highest BCUT2D eigenvalue weighted by molar-refractivity contribution is 7.16. The minimum Gasteiger partial charge on any atom is -0.258 e. The van der Waals surface area contributed by atoms with Gasteiger partial charge in [0, 0.05) is 28.8 Å². The first-order valence-corrected chi connectivity index (χ1v) is 7.19. The minimum atomic E-state index is -0.375. The summed E-state index contributed by atoms with van der Waals surface area (Å²) in [4.78, 5) is 10.4. The van der Waals surface area contributed by atoms with Crippen LogP contribution in [0.2, 0.25) is 5.02 Å². The topological polar surface area (TPSA) is 47.0 Å². The third-order valence-electron chi connectivity index (χ3n) is 3.01. The van der Waals surface area contributed by atoms with E-state index < -0.39 is 0 Å². The lowest BCUT2D eigenvalue weighted by Gasteiger charge is -1.97. The molecule has 0 spiro atoms. The van der Waals surface area contributed by atoms with E-state index in [-0.39, 0.29) is 10.6 Å². The predicted octanol–water partition coefficient (Wildman–Crippen LogP) is 3.80. The molecule has 1 aromatic heterocycles. The van der Waals surface area contributed by atoms with E-state index in [1.54, 1.807) is 23.5 Å². The molecule has 0 fully saturated rings. The second kappa shape index (κ2) is 5.19. The largest absolute Gasteiger partial charge is 0.269 e. The number of rotatable bonds is 3. The molecule has 0 saturated heterocycles. The first-order chi connectivity index (χ1) is 9.63. The number of hydrogen-bond donors (Lipinski definition) is 0. The van der Waals surface area contributed by atoms with E-state index >= 15 is 0 Å². The number of hydrogen-bond acceptors (Lipinski definition) is 3. The van der Waals surface area contributed by atoms with Crippen molar-refractivity contribution in [1.29, 1.82) is 0 Å². The average molecular weight is 306 g/mol. The van der Waals surface area contributed by atoms with E-state index in [9.17, 15) is 10.1 Å². The third-order valence-corrected chi connectivity index (χ3v) is 4.19. The number of fused-ring (bicyclic) bond motifs is 1. The van der Waals surface area contributed by atoms with Crippen molar-refractivity contribution in [2.24, 2.45) is 0 Å². The smallest absolute Gasteiger partial charge is 0.258 e. The summed E-state index contributed by atoms with van der Waals surface area (Å²) >= 11 is 7.57. The van der Waals surface area contributed by atoms with Gasteiger partial charge in [0.1, 0.15) is 4.70 Å². The molecule has 0 radical (unpaired) electrons. The van der Waals surface area contributed by atoms with Crippen LogP contribution >= 0.6 is 22.9 Å². The summed E-state index contributed by atoms with van der Waals surface area (Å²) in [6.45, 7) is 0.601. The Kier molecular flexibility index (Phi) is 3.38. The lowest BCUT2D eigenvalue weighted by Crippen LogP contribution is -2.31. The van der Waals surface area contributed by atoms with Crippen LogP contribution in [0.25, 0.3) is 10.2 Å². The molecule has 0 aliphatic heterocycles. The van der Waals surface area contributed by atoms with Gasteiger partial charge in [-0.05, 0) is 12.1 Å². The first-order valence-electron chi connectivity index (χ1n) is 5.93. The van der Waals surface area contributed by atoms with Crippen LogP contribution in [0.5, 0.6) is 0 Å². The molecule has 1 heterocycles. The Morgan fingerprint density at radius 1 is 1.25 bits per heavy atom. The molecule has 3 aromatic rings. The molecule has 0 amide bonds. The molecular weight excluding hydrogens is 296 g/mol. The zero-order chi connectivity index (χ0) is 14.1. The number of aromatic nitrogens is 1. The third kappa shape index (κ3) is 2.50. The van der Waals surface area contributed by atoms with Gasteiger partial charge in [0.15, 0.2) is 6.54 Å². The lowest BCUT2D eigenvalue weighted by molar-refractivity contribution is -0.658. The Morgan fingerprint density at radius 3 is 2.90 bits per heavy atom. The normalized spacial score (nSPS) is 10.8. The SMILES string of the molecule is O=[N+]([O-])c1cccc(C[n+]2csc3cc(Cl)ccc32)c1. The van der Waals surface area contributed by atoms with E-state index in [0.717, 1.165) is 15.8 Å². The highest BCUT2D eigenvalue weighted by Crippen LogP contribution is 2.21. The number of non-ortho nitro benzene ring substituents is 1. The summed E-state index contributed by atoms with van der Waals surface area (Å²) in [6, 6.07) is 12.4. The number of benzene rings is 2. The van der Waals surface area contributed by atoms with Crippen LogP contribution in [0.4, 0.5) is 5.69 Å². The van der Waals surface area contributed by atoms with Crippen molar-refractivity contribution in [1.82, 2.24) is 0 Å². The minimum absolute atomic E-state index is 0.116. The Morgan fingerprint density at radius 2 is 2.10 bits per heavy atom. The van der Waals surface area contributed by atoms with Crippen LogP contribution in [0.1, 0.15) is 5.56 Å². The molecule has 4 nitrogen and oxygen atoms in total. The van der Waals surface area contributed by atoms with Crippen molar-refractivity contribution in [2.45, 2.75) is 6.54 Å². The van der Waals surface area contributed by atoms with Crippen molar-refractivity contribution in [3.8, 4) is 0 Å². The molecule has 0 N–H and O–H groups in total. The zero-order valence-electron chi connectivity index (χ0n) is 10.3. The molecule has 0 aliphatic carbocycles. The van der Waals surface area contributed by atoms with Gasteiger partial charge >= 0.3 is 0 Å². The van der Waals surface area contributed by atoms with Gasteiger partial charge in [0.25, 0.3) is 5.69 Å². The van der Waals surface area contributed by atoms with Gasteiger partial charge in [0.2, 0.25) is 11.0 Å². The fourth-order valence-corrected chi connectivity index (χ4v) is 3.25. The summed E-state index contributed by atoms with van der Waals surface area (Å²) in [5, 5.41) is 11.5.